The van der Waals surface area contributed by atoms with Crippen molar-refractivity contribution in [2.24, 2.45) is 5.73 Å². The first-order valence-electron chi connectivity index (χ1n) is 13.5. The Labute approximate surface area is 244 Å². The zero-order chi connectivity index (χ0) is 30.2. The van der Waals surface area contributed by atoms with Crippen molar-refractivity contribution in [2.75, 3.05) is 13.2 Å². The molecule has 5 rings (SSSR count). The molecule has 0 radical (unpaired) electrons. The fourth-order valence-corrected chi connectivity index (χ4v) is 6.31. The minimum absolute atomic E-state index is 0.0393. The second-order valence-corrected chi connectivity index (χ2v) is 11.4. The molecule has 3 aliphatic rings. The van der Waals surface area contributed by atoms with Crippen LogP contribution in [0.25, 0.3) is 5.57 Å². The molecule has 4 N–H and O–H groups in total. The summed E-state index contributed by atoms with van der Waals surface area (Å²) in [5.41, 5.74) is 2.98. The molecular weight excluding hydrogens is 583 g/mol. The molecule has 1 heterocycles. The van der Waals surface area contributed by atoms with E-state index in [0.29, 0.717) is 18.4 Å². The highest BCUT2D eigenvalue weighted by Gasteiger charge is 2.46. The van der Waals surface area contributed by atoms with E-state index in [0.717, 1.165) is 18.2 Å². The molecule has 226 valence electrons. The van der Waals surface area contributed by atoms with Crippen molar-refractivity contribution in [3.05, 3.63) is 81.7 Å². The Bertz CT molecular complexity index is 1400. The summed E-state index contributed by atoms with van der Waals surface area (Å²) in [4.78, 5) is 12.3. The number of hydrogen-bond acceptors (Lipinski definition) is 5. The average molecular weight is 613 g/mol. The second-order valence-electron chi connectivity index (χ2n) is 11.0. The third-order valence-corrected chi connectivity index (χ3v) is 8.67. The van der Waals surface area contributed by atoms with E-state index in [1.165, 1.54) is 0 Å². The summed E-state index contributed by atoms with van der Waals surface area (Å²) in [6, 6.07) is 10.0. The van der Waals surface area contributed by atoms with Gasteiger partial charge in [-0.15, -0.1) is 0 Å². The summed E-state index contributed by atoms with van der Waals surface area (Å²) < 4.78 is 81.4. The maximum Gasteiger partial charge on any atom is 0.345 e. The lowest BCUT2D eigenvalue weighted by atomic mass is 9.81. The molecule has 1 fully saturated rings. The van der Waals surface area contributed by atoms with Crippen LogP contribution < -0.4 is 15.8 Å². The normalized spacial score (nSPS) is 29.1. The standard InChI is InChI=1S/C30H30ClF5N2O4/c31-25-20(33)12-22-19(23(25)24-18(27(37)39)6-7-21(26(24)34)41-28(35)36)13-30(42-22,16-4-2-1-3-5-16)15-38-17-8-10-29(40,14-32)11-9-17/h1-7,12,17,21,26,28,38,40H,8-11,13-15H2,(H2,37,39)/t17?,21-,26?,29?,30+/m0/s1. The number of primary amides is 1. The number of benzene rings is 2. The van der Waals surface area contributed by atoms with Gasteiger partial charge < -0.3 is 25.6 Å². The van der Waals surface area contributed by atoms with Crippen LogP contribution in [-0.4, -0.2) is 54.8 Å². The number of alkyl halides is 4. The molecule has 3 atom stereocenters. The van der Waals surface area contributed by atoms with Gasteiger partial charge in [-0.05, 0) is 31.2 Å². The van der Waals surface area contributed by atoms with E-state index in [-0.39, 0.29) is 54.3 Å². The summed E-state index contributed by atoms with van der Waals surface area (Å²) in [6.45, 7) is -3.94. The second kappa shape index (κ2) is 11.9. The van der Waals surface area contributed by atoms with Gasteiger partial charge >= 0.3 is 6.61 Å². The molecule has 2 aromatic carbocycles. The largest absolute Gasteiger partial charge is 0.480 e. The Balaban J connectivity index is 1.55. The van der Waals surface area contributed by atoms with E-state index in [1.807, 2.05) is 18.2 Å². The van der Waals surface area contributed by atoms with Gasteiger partial charge in [0.25, 0.3) is 0 Å². The molecule has 6 nitrogen and oxygen atoms in total. The molecule has 2 aliphatic carbocycles. The molecule has 0 aromatic heterocycles. The highest BCUT2D eigenvalue weighted by Crippen LogP contribution is 2.50. The number of carbonyl (C=O) groups excluding carboxylic acids is 1. The molecular formula is C30H30ClF5N2O4. The number of ether oxygens (including phenoxy) is 2. The number of rotatable bonds is 9. The number of aliphatic hydroxyl groups is 1. The monoisotopic (exact) mass is 612 g/mol. The number of halogens is 6. The predicted octanol–water partition coefficient (Wildman–Crippen LogP) is 5.30. The van der Waals surface area contributed by atoms with E-state index in [2.05, 4.69) is 10.1 Å². The predicted molar refractivity (Wildman–Crippen MR) is 146 cm³/mol. The van der Waals surface area contributed by atoms with Gasteiger partial charge in [-0.3, -0.25) is 4.79 Å². The van der Waals surface area contributed by atoms with Crippen LogP contribution in [-0.2, 0) is 21.6 Å². The lowest BCUT2D eigenvalue weighted by Crippen LogP contribution is -2.48. The van der Waals surface area contributed by atoms with Gasteiger partial charge in [0.1, 0.15) is 24.3 Å². The first-order valence-corrected chi connectivity index (χ1v) is 13.9. The van der Waals surface area contributed by atoms with Crippen LogP contribution in [0.15, 0.2) is 54.1 Å². The van der Waals surface area contributed by atoms with Crippen molar-refractivity contribution in [3.63, 3.8) is 0 Å². The van der Waals surface area contributed by atoms with Crippen molar-refractivity contribution in [1.82, 2.24) is 5.32 Å². The van der Waals surface area contributed by atoms with E-state index in [1.54, 1.807) is 12.1 Å². The quantitative estimate of drug-likeness (QED) is 0.335. The number of nitrogens with two attached hydrogens (primary N) is 1. The summed E-state index contributed by atoms with van der Waals surface area (Å²) in [6.07, 6.45) is -0.449. The third kappa shape index (κ3) is 5.79. The van der Waals surface area contributed by atoms with Gasteiger partial charge in [-0.2, -0.15) is 8.78 Å². The maximum absolute atomic E-state index is 15.9. The van der Waals surface area contributed by atoms with Gasteiger partial charge in [-0.25, -0.2) is 13.2 Å². The molecule has 0 saturated heterocycles. The molecule has 1 aliphatic heterocycles. The number of carbonyl (C=O) groups is 1. The summed E-state index contributed by atoms with van der Waals surface area (Å²) in [7, 11) is 0. The van der Waals surface area contributed by atoms with Crippen LogP contribution in [0.4, 0.5) is 22.0 Å². The van der Waals surface area contributed by atoms with Crippen LogP contribution in [0.2, 0.25) is 5.02 Å². The fraction of sp³-hybridized carbons (Fsp3) is 0.433. The zero-order valence-corrected chi connectivity index (χ0v) is 23.2. The summed E-state index contributed by atoms with van der Waals surface area (Å²) in [5, 5.41) is 13.2. The maximum atomic E-state index is 15.9. The first-order chi connectivity index (χ1) is 20.0. The minimum atomic E-state index is -3.32. The van der Waals surface area contributed by atoms with Crippen molar-refractivity contribution < 1.29 is 41.3 Å². The number of fused-ring (bicyclic) bond motifs is 1. The van der Waals surface area contributed by atoms with Crippen LogP contribution >= 0.6 is 11.6 Å². The van der Waals surface area contributed by atoms with Crippen molar-refractivity contribution in [1.29, 1.82) is 0 Å². The average Bonchev–Trinajstić information content (AvgIpc) is 3.34. The Morgan fingerprint density at radius 3 is 2.55 bits per heavy atom. The fourth-order valence-electron chi connectivity index (χ4n) is 6.04. The van der Waals surface area contributed by atoms with Gasteiger partial charge in [0.05, 0.1) is 10.6 Å². The van der Waals surface area contributed by atoms with E-state index in [4.69, 9.17) is 22.1 Å². The topological polar surface area (TPSA) is 93.8 Å². The van der Waals surface area contributed by atoms with Crippen molar-refractivity contribution >= 4 is 23.1 Å². The van der Waals surface area contributed by atoms with Crippen LogP contribution in [0.3, 0.4) is 0 Å². The molecule has 42 heavy (non-hydrogen) atoms. The molecule has 12 heteroatoms. The third-order valence-electron chi connectivity index (χ3n) is 8.30. The highest BCUT2D eigenvalue weighted by molar-refractivity contribution is 6.33. The Morgan fingerprint density at radius 1 is 1.24 bits per heavy atom. The highest BCUT2D eigenvalue weighted by atomic mass is 35.5. The number of nitrogens with one attached hydrogen (secondary N) is 1. The van der Waals surface area contributed by atoms with Crippen LogP contribution in [0.5, 0.6) is 5.75 Å². The van der Waals surface area contributed by atoms with Gasteiger partial charge in [-0.1, -0.05) is 54.1 Å². The molecule has 1 unspecified atom stereocenters. The number of amides is 1. The Morgan fingerprint density at radius 2 is 1.93 bits per heavy atom. The smallest absolute Gasteiger partial charge is 0.345 e. The number of hydrogen-bond donors (Lipinski definition) is 3. The van der Waals surface area contributed by atoms with E-state index in [9.17, 15) is 23.1 Å². The van der Waals surface area contributed by atoms with Gasteiger partial charge in [0.2, 0.25) is 5.91 Å². The summed E-state index contributed by atoms with van der Waals surface area (Å²) >= 11 is 6.41. The molecule has 2 aromatic rings. The lowest BCUT2D eigenvalue weighted by Gasteiger charge is -2.37. The van der Waals surface area contributed by atoms with Crippen molar-refractivity contribution in [3.8, 4) is 5.75 Å². The first kappa shape index (κ1) is 30.5. The van der Waals surface area contributed by atoms with Gasteiger partial charge in [0, 0.05) is 47.3 Å². The molecule has 0 spiro atoms. The van der Waals surface area contributed by atoms with Gasteiger partial charge in [0.15, 0.2) is 11.8 Å². The van der Waals surface area contributed by atoms with Crippen LogP contribution in [0.1, 0.15) is 42.4 Å². The minimum Gasteiger partial charge on any atom is -0.480 e. The van der Waals surface area contributed by atoms with E-state index >= 15 is 8.78 Å². The lowest BCUT2D eigenvalue weighted by molar-refractivity contribution is -0.159. The Hall–Kier alpha value is -2.99. The Kier molecular flexibility index (Phi) is 8.67. The summed E-state index contributed by atoms with van der Waals surface area (Å²) in [5.74, 6) is -1.99. The molecule has 1 saturated carbocycles. The van der Waals surface area contributed by atoms with Crippen molar-refractivity contribution in [2.45, 2.75) is 68.2 Å². The van der Waals surface area contributed by atoms with E-state index < -0.39 is 59.1 Å². The molecule has 0 bridgehead atoms. The SMILES string of the molecule is NC(=O)C1=C(c2c(Cl)c(F)cc3c2C[C@@](CNC2CCC(O)(CF)CC2)(c2ccccc2)O3)C(F)[C@@H](OC(F)F)C=C1. The van der Waals surface area contributed by atoms with Crippen LogP contribution in [0, 0.1) is 5.82 Å². The zero-order valence-electron chi connectivity index (χ0n) is 22.4. The molecule has 1 amide bonds.